The summed E-state index contributed by atoms with van der Waals surface area (Å²) in [6, 6.07) is 19.9. The van der Waals surface area contributed by atoms with Crippen LogP contribution in [0.1, 0.15) is 35.4 Å². The Labute approximate surface area is 173 Å². The quantitative estimate of drug-likeness (QED) is 0.555. The molecule has 146 valence electrons. The summed E-state index contributed by atoms with van der Waals surface area (Å²) in [7, 11) is 1.63. The molecule has 4 nitrogen and oxygen atoms in total. The fourth-order valence-corrected chi connectivity index (χ4v) is 4.03. The molecule has 0 amide bonds. The van der Waals surface area contributed by atoms with Crippen LogP contribution in [0.25, 0.3) is 0 Å². The van der Waals surface area contributed by atoms with E-state index in [2.05, 4.69) is 0 Å². The molecule has 3 aromatic carbocycles. The van der Waals surface area contributed by atoms with Gasteiger partial charge in [-0.05, 0) is 35.9 Å². The summed E-state index contributed by atoms with van der Waals surface area (Å²) in [6.45, 7) is 0. The number of rotatable bonds is 3. The van der Waals surface area contributed by atoms with Crippen LogP contribution in [0.15, 0.2) is 71.8 Å². The fourth-order valence-electron chi connectivity index (χ4n) is 3.91. The van der Waals surface area contributed by atoms with Gasteiger partial charge in [0.2, 0.25) is 6.23 Å². The van der Waals surface area contributed by atoms with Crippen molar-refractivity contribution < 1.29 is 13.9 Å². The molecule has 5 rings (SSSR count). The molecule has 0 N–H and O–H groups in total. The van der Waals surface area contributed by atoms with E-state index in [-0.39, 0.29) is 11.9 Å². The third-order valence-electron chi connectivity index (χ3n) is 5.33. The molecular formula is C23H18ClFN2O2. The fraction of sp³-hybridized carbons (Fsp3) is 0.174. The first-order valence-electron chi connectivity index (χ1n) is 9.35. The molecule has 6 heteroatoms. The lowest BCUT2D eigenvalue weighted by Crippen LogP contribution is -2.33. The minimum Gasteiger partial charge on any atom is -0.493 e. The van der Waals surface area contributed by atoms with Gasteiger partial charge in [-0.1, -0.05) is 48.0 Å². The van der Waals surface area contributed by atoms with Crippen molar-refractivity contribution in [2.45, 2.75) is 18.7 Å². The number of hydrazone groups is 1. The second-order valence-electron chi connectivity index (χ2n) is 7.05. The van der Waals surface area contributed by atoms with Gasteiger partial charge < -0.3 is 9.47 Å². The van der Waals surface area contributed by atoms with Gasteiger partial charge in [0, 0.05) is 22.6 Å². The topological polar surface area (TPSA) is 34.1 Å². The summed E-state index contributed by atoms with van der Waals surface area (Å²) in [5.41, 5.74) is 3.83. The molecule has 2 aliphatic heterocycles. The molecule has 0 aromatic heterocycles. The Balaban J connectivity index is 1.61. The van der Waals surface area contributed by atoms with Crippen molar-refractivity contribution in [1.82, 2.24) is 5.01 Å². The first-order valence-corrected chi connectivity index (χ1v) is 9.72. The maximum atomic E-state index is 13.5. The third kappa shape index (κ3) is 3.12. The Kier molecular flexibility index (Phi) is 4.40. The van der Waals surface area contributed by atoms with Crippen LogP contribution >= 0.6 is 11.6 Å². The zero-order valence-electron chi connectivity index (χ0n) is 15.7. The molecule has 0 saturated carbocycles. The Morgan fingerprint density at radius 2 is 1.83 bits per heavy atom. The molecule has 2 heterocycles. The van der Waals surface area contributed by atoms with Crippen LogP contribution < -0.4 is 9.47 Å². The average Bonchev–Trinajstić information content (AvgIpc) is 3.19. The summed E-state index contributed by atoms with van der Waals surface area (Å²) < 4.78 is 25.4. The number of fused-ring (bicyclic) bond motifs is 3. The molecule has 29 heavy (non-hydrogen) atoms. The molecule has 0 aliphatic carbocycles. The first-order chi connectivity index (χ1) is 14.1. The van der Waals surface area contributed by atoms with Crippen LogP contribution in [0.4, 0.5) is 4.39 Å². The molecular weight excluding hydrogens is 391 g/mol. The Bertz CT molecular complexity index is 1080. The van der Waals surface area contributed by atoms with E-state index in [1.807, 2.05) is 47.5 Å². The smallest absolute Gasteiger partial charge is 0.214 e. The van der Waals surface area contributed by atoms with Crippen LogP contribution in [0.3, 0.4) is 0 Å². The Hall–Kier alpha value is -3.05. The van der Waals surface area contributed by atoms with E-state index in [0.29, 0.717) is 16.5 Å². The minimum absolute atomic E-state index is 0.00502. The molecule has 0 spiro atoms. The summed E-state index contributed by atoms with van der Waals surface area (Å²) in [5, 5.41) is 7.54. The average molecular weight is 409 g/mol. The zero-order valence-corrected chi connectivity index (χ0v) is 16.4. The van der Waals surface area contributed by atoms with E-state index in [1.165, 1.54) is 12.1 Å². The first kappa shape index (κ1) is 18.0. The van der Waals surface area contributed by atoms with Crippen molar-refractivity contribution in [2.24, 2.45) is 5.10 Å². The second kappa shape index (κ2) is 7.08. The largest absolute Gasteiger partial charge is 0.493 e. The normalized spacial score (nSPS) is 19.8. The van der Waals surface area contributed by atoms with Gasteiger partial charge in [0.15, 0.2) is 11.5 Å². The van der Waals surface area contributed by atoms with E-state index in [0.717, 1.165) is 28.8 Å². The molecule has 0 radical (unpaired) electrons. The van der Waals surface area contributed by atoms with Crippen LogP contribution in [0.2, 0.25) is 5.02 Å². The van der Waals surface area contributed by atoms with E-state index in [1.54, 1.807) is 19.2 Å². The predicted octanol–water partition coefficient (Wildman–Crippen LogP) is 5.73. The van der Waals surface area contributed by atoms with Gasteiger partial charge in [0.25, 0.3) is 0 Å². The van der Waals surface area contributed by atoms with Gasteiger partial charge in [-0.3, -0.25) is 0 Å². The van der Waals surface area contributed by atoms with Crippen LogP contribution in [-0.4, -0.2) is 17.8 Å². The van der Waals surface area contributed by atoms with Gasteiger partial charge >= 0.3 is 0 Å². The summed E-state index contributed by atoms with van der Waals surface area (Å²) in [4.78, 5) is 0. The van der Waals surface area contributed by atoms with E-state index >= 15 is 0 Å². The highest BCUT2D eigenvalue weighted by atomic mass is 35.5. The number of ether oxygens (including phenoxy) is 2. The van der Waals surface area contributed by atoms with E-state index in [4.69, 9.17) is 26.2 Å². The van der Waals surface area contributed by atoms with Crippen LogP contribution in [-0.2, 0) is 0 Å². The number of methoxy groups -OCH3 is 1. The number of para-hydroxylation sites is 1. The highest BCUT2D eigenvalue weighted by molar-refractivity contribution is 6.30. The number of hydrogen-bond acceptors (Lipinski definition) is 4. The molecule has 0 saturated heterocycles. The van der Waals surface area contributed by atoms with Gasteiger partial charge in [-0.2, -0.15) is 5.10 Å². The summed E-state index contributed by atoms with van der Waals surface area (Å²) in [5.74, 6) is 1.10. The molecule has 3 aromatic rings. The standard InChI is InChI=1S/C23H18ClFN2O2/c1-28-21-4-2-3-18-20-13-19(14-5-9-16(24)10-6-14)26-27(20)23(29-22(18)21)15-7-11-17(25)12-8-15/h2-12,20,23H,13H2,1H3. The van der Waals surface area contributed by atoms with Gasteiger partial charge in [-0.15, -0.1) is 0 Å². The zero-order chi connectivity index (χ0) is 20.0. The Morgan fingerprint density at radius 3 is 2.55 bits per heavy atom. The maximum absolute atomic E-state index is 13.5. The predicted molar refractivity (Wildman–Crippen MR) is 110 cm³/mol. The minimum atomic E-state index is -0.478. The summed E-state index contributed by atoms with van der Waals surface area (Å²) in [6.07, 6.45) is 0.247. The van der Waals surface area contributed by atoms with Crippen molar-refractivity contribution in [3.63, 3.8) is 0 Å². The molecule has 2 aliphatic rings. The van der Waals surface area contributed by atoms with Crippen molar-refractivity contribution in [3.05, 3.63) is 94.3 Å². The Morgan fingerprint density at radius 1 is 1.07 bits per heavy atom. The van der Waals surface area contributed by atoms with Crippen LogP contribution in [0.5, 0.6) is 11.5 Å². The number of hydrogen-bond donors (Lipinski definition) is 0. The lowest BCUT2D eigenvalue weighted by atomic mass is 9.95. The lowest BCUT2D eigenvalue weighted by Gasteiger charge is -2.38. The second-order valence-corrected chi connectivity index (χ2v) is 7.49. The molecule has 0 bridgehead atoms. The van der Waals surface area contributed by atoms with Gasteiger partial charge in [-0.25, -0.2) is 9.40 Å². The van der Waals surface area contributed by atoms with Crippen molar-refractivity contribution >= 4 is 17.3 Å². The molecule has 0 fully saturated rings. The van der Waals surface area contributed by atoms with Gasteiger partial charge in [0.1, 0.15) is 5.82 Å². The number of halogens is 2. The number of benzene rings is 3. The summed E-state index contributed by atoms with van der Waals surface area (Å²) >= 11 is 6.04. The third-order valence-corrected chi connectivity index (χ3v) is 5.58. The maximum Gasteiger partial charge on any atom is 0.214 e. The molecule has 2 unspecified atom stereocenters. The van der Waals surface area contributed by atoms with Crippen molar-refractivity contribution in [3.8, 4) is 11.5 Å². The van der Waals surface area contributed by atoms with E-state index < -0.39 is 6.23 Å². The number of nitrogens with zero attached hydrogens (tertiary/aromatic N) is 2. The SMILES string of the molecule is COc1cccc2c1OC(c1ccc(F)cc1)N1N=C(c3ccc(Cl)cc3)CC21. The van der Waals surface area contributed by atoms with Crippen molar-refractivity contribution in [2.75, 3.05) is 7.11 Å². The molecule has 2 atom stereocenters. The highest BCUT2D eigenvalue weighted by Crippen LogP contribution is 2.50. The lowest BCUT2D eigenvalue weighted by molar-refractivity contribution is -0.0209. The van der Waals surface area contributed by atoms with Crippen molar-refractivity contribution in [1.29, 1.82) is 0 Å². The highest BCUT2D eigenvalue weighted by Gasteiger charge is 2.42. The van der Waals surface area contributed by atoms with Gasteiger partial charge in [0.05, 0.1) is 18.9 Å². The van der Waals surface area contributed by atoms with E-state index in [9.17, 15) is 4.39 Å². The van der Waals surface area contributed by atoms with Crippen LogP contribution in [0, 0.1) is 5.82 Å². The monoisotopic (exact) mass is 408 g/mol.